The van der Waals surface area contributed by atoms with Crippen molar-refractivity contribution in [3.63, 3.8) is 0 Å². The Morgan fingerprint density at radius 3 is 2.58 bits per heavy atom. The average molecular weight is 424 g/mol. The van der Waals surface area contributed by atoms with Crippen LogP contribution in [0.3, 0.4) is 0 Å². The van der Waals surface area contributed by atoms with E-state index >= 15 is 0 Å². The highest BCUT2D eigenvalue weighted by Gasteiger charge is 2.23. The number of hydrogen-bond donors (Lipinski definition) is 2. The van der Waals surface area contributed by atoms with Crippen LogP contribution >= 0.6 is 23.5 Å². The fourth-order valence-corrected chi connectivity index (χ4v) is 3.92. The van der Waals surface area contributed by atoms with Crippen LogP contribution in [-0.2, 0) is 24.9 Å². The Kier molecular flexibility index (Phi) is 6.53. The molecule has 2 aromatic heterocycles. The van der Waals surface area contributed by atoms with Gasteiger partial charge in [-0.1, -0.05) is 0 Å². The van der Waals surface area contributed by atoms with Crippen LogP contribution in [0.4, 0.5) is 5.95 Å². The van der Waals surface area contributed by atoms with Gasteiger partial charge in [-0.15, -0.1) is 0 Å². The summed E-state index contributed by atoms with van der Waals surface area (Å²) in [6.45, 7) is 4.52. The summed E-state index contributed by atoms with van der Waals surface area (Å²) >= 11 is 3.27. The number of nitrogens with two attached hydrogens (primary N) is 1. The Hall–Kier alpha value is -1.26. The van der Waals surface area contributed by atoms with Crippen molar-refractivity contribution in [1.29, 1.82) is 0 Å². The molecule has 3 N–H and O–H groups in total. The van der Waals surface area contributed by atoms with Gasteiger partial charge in [0, 0.05) is 0 Å². The van der Waals surface area contributed by atoms with E-state index in [4.69, 9.17) is 19.5 Å². The van der Waals surface area contributed by atoms with E-state index in [-0.39, 0.29) is 37.6 Å². The third-order valence-electron chi connectivity index (χ3n) is 2.94. The molecular weight excluding hydrogens is 405 g/mol. The molecule has 0 amide bonds. The lowest BCUT2D eigenvalue weighted by molar-refractivity contribution is 0.127. The zero-order valence-electron chi connectivity index (χ0n) is 13.3. The van der Waals surface area contributed by atoms with E-state index in [9.17, 15) is 9.36 Å². The summed E-state index contributed by atoms with van der Waals surface area (Å²) in [5.41, 5.74) is 5.65. The summed E-state index contributed by atoms with van der Waals surface area (Å²) < 4.78 is 30.0. The number of imidazole rings is 1. The SMILES string of the molecule is CCOP(=O)(COCCn1c(Br)nc2c(=O)[nH]c(N)nc21)OCC. The molecule has 12 heteroatoms. The van der Waals surface area contributed by atoms with Gasteiger partial charge in [0.2, 0.25) is 5.95 Å². The number of fused-ring (bicyclic) bond motifs is 1. The number of hydrogen-bond acceptors (Lipinski definition) is 8. The Balaban J connectivity index is 2.05. The highest BCUT2D eigenvalue weighted by Crippen LogP contribution is 2.47. The second-order valence-electron chi connectivity index (χ2n) is 4.64. The normalized spacial score (nSPS) is 12.1. The number of rotatable bonds is 9. The number of aromatic amines is 1. The van der Waals surface area contributed by atoms with Crippen LogP contribution in [0.25, 0.3) is 11.2 Å². The molecule has 0 unspecified atom stereocenters. The number of nitrogens with one attached hydrogen (secondary N) is 1. The van der Waals surface area contributed by atoms with Gasteiger partial charge in [0.15, 0.2) is 15.9 Å². The van der Waals surface area contributed by atoms with Gasteiger partial charge < -0.3 is 24.1 Å². The first kappa shape index (κ1) is 19.1. The second kappa shape index (κ2) is 8.21. The third kappa shape index (κ3) is 4.42. The number of nitrogens with zero attached hydrogens (tertiary/aromatic N) is 3. The Morgan fingerprint density at radius 1 is 1.29 bits per heavy atom. The van der Waals surface area contributed by atoms with Crippen LogP contribution in [0, 0.1) is 0 Å². The smallest absolute Gasteiger partial charge is 0.356 e. The molecule has 2 rings (SSSR count). The van der Waals surface area contributed by atoms with Crippen molar-refractivity contribution in [2.75, 3.05) is 31.9 Å². The quantitative estimate of drug-likeness (QED) is 0.353. The van der Waals surface area contributed by atoms with Crippen LogP contribution < -0.4 is 11.3 Å². The summed E-state index contributed by atoms with van der Waals surface area (Å²) in [6.07, 6.45) is -0.158. The van der Waals surface area contributed by atoms with Gasteiger partial charge in [-0.2, -0.15) is 4.98 Å². The van der Waals surface area contributed by atoms with Crippen molar-refractivity contribution in [2.24, 2.45) is 0 Å². The molecule has 0 radical (unpaired) electrons. The van der Waals surface area contributed by atoms with Crippen LogP contribution in [-0.4, -0.2) is 45.7 Å². The molecule has 24 heavy (non-hydrogen) atoms. The number of nitrogen functional groups attached to an aromatic ring is 1. The molecule has 0 fully saturated rings. The van der Waals surface area contributed by atoms with Gasteiger partial charge in [-0.3, -0.25) is 14.3 Å². The molecule has 0 aromatic carbocycles. The van der Waals surface area contributed by atoms with E-state index in [2.05, 4.69) is 30.9 Å². The molecule has 0 saturated heterocycles. The maximum absolute atomic E-state index is 12.3. The number of ether oxygens (including phenoxy) is 1. The lowest BCUT2D eigenvalue weighted by Crippen LogP contribution is -2.13. The van der Waals surface area contributed by atoms with Crippen molar-refractivity contribution in [1.82, 2.24) is 19.5 Å². The zero-order chi connectivity index (χ0) is 17.7. The summed E-state index contributed by atoms with van der Waals surface area (Å²) in [5.74, 6) is -0.000684. The van der Waals surface area contributed by atoms with Gasteiger partial charge in [0.1, 0.15) is 6.35 Å². The van der Waals surface area contributed by atoms with Crippen molar-refractivity contribution in [3.05, 3.63) is 15.1 Å². The summed E-state index contributed by atoms with van der Waals surface area (Å²) in [7, 11) is -3.25. The minimum atomic E-state index is -3.25. The minimum absolute atomic E-state index is 0.000684. The monoisotopic (exact) mass is 423 g/mol. The molecule has 0 aliphatic rings. The van der Waals surface area contributed by atoms with Gasteiger partial charge in [-0.05, 0) is 29.8 Å². The van der Waals surface area contributed by atoms with E-state index in [0.29, 0.717) is 16.9 Å². The van der Waals surface area contributed by atoms with E-state index in [1.54, 1.807) is 18.4 Å². The Labute approximate surface area is 146 Å². The molecule has 10 nitrogen and oxygen atoms in total. The van der Waals surface area contributed by atoms with Crippen molar-refractivity contribution in [2.45, 2.75) is 20.4 Å². The Bertz CT molecular complexity index is 797. The first-order valence-corrected chi connectivity index (χ1v) is 9.79. The molecule has 0 aliphatic carbocycles. The molecule has 2 aromatic rings. The van der Waals surface area contributed by atoms with Crippen LogP contribution in [0.2, 0.25) is 0 Å². The van der Waals surface area contributed by atoms with Gasteiger partial charge in [0.25, 0.3) is 5.56 Å². The summed E-state index contributed by atoms with van der Waals surface area (Å²) in [6, 6.07) is 0. The summed E-state index contributed by atoms with van der Waals surface area (Å²) in [4.78, 5) is 22.4. The van der Waals surface area contributed by atoms with Crippen molar-refractivity contribution >= 4 is 40.6 Å². The number of anilines is 1. The number of halogens is 1. The largest absolute Gasteiger partial charge is 0.369 e. The van der Waals surface area contributed by atoms with E-state index < -0.39 is 13.2 Å². The molecule has 134 valence electrons. The fraction of sp³-hybridized carbons (Fsp3) is 0.583. The lowest BCUT2D eigenvalue weighted by atomic mass is 10.5. The highest BCUT2D eigenvalue weighted by molar-refractivity contribution is 9.10. The molecular formula is C12H19BrN5O5P. The molecule has 2 heterocycles. The molecule has 0 atom stereocenters. The molecule has 0 bridgehead atoms. The first-order valence-electron chi connectivity index (χ1n) is 7.27. The topological polar surface area (TPSA) is 134 Å². The maximum Gasteiger partial charge on any atom is 0.356 e. The second-order valence-corrected chi connectivity index (χ2v) is 7.35. The van der Waals surface area contributed by atoms with Gasteiger partial charge >= 0.3 is 7.60 Å². The standard InChI is InChI=1S/C12H19BrN5O5P/c1-3-22-24(20,23-4-2)7-21-6-5-18-9-8(15-11(18)13)10(19)17-12(14)16-9/h3-7H2,1-2H3,(H3,14,16,17,19). The molecule has 0 saturated carbocycles. The minimum Gasteiger partial charge on any atom is -0.369 e. The first-order chi connectivity index (χ1) is 11.4. The van der Waals surface area contributed by atoms with Crippen LogP contribution in [0.1, 0.15) is 13.8 Å². The maximum atomic E-state index is 12.3. The average Bonchev–Trinajstić information content (AvgIpc) is 2.81. The predicted molar refractivity (Wildman–Crippen MR) is 91.9 cm³/mol. The molecule has 0 aliphatic heterocycles. The zero-order valence-corrected chi connectivity index (χ0v) is 15.8. The van der Waals surface area contributed by atoms with Crippen LogP contribution in [0.5, 0.6) is 0 Å². The van der Waals surface area contributed by atoms with Gasteiger partial charge in [0.05, 0.1) is 26.4 Å². The van der Waals surface area contributed by atoms with Gasteiger partial charge in [-0.25, -0.2) is 4.98 Å². The number of aromatic nitrogens is 4. The number of H-pyrrole nitrogens is 1. The van der Waals surface area contributed by atoms with E-state index in [1.807, 2.05) is 0 Å². The van der Waals surface area contributed by atoms with E-state index in [1.165, 1.54) is 0 Å². The third-order valence-corrected chi connectivity index (χ3v) is 5.34. The predicted octanol–water partition coefficient (Wildman–Crippen LogP) is 1.70. The van der Waals surface area contributed by atoms with Crippen molar-refractivity contribution in [3.8, 4) is 0 Å². The van der Waals surface area contributed by atoms with Crippen LogP contribution in [0.15, 0.2) is 9.53 Å². The van der Waals surface area contributed by atoms with E-state index in [0.717, 1.165) is 0 Å². The Morgan fingerprint density at radius 2 is 1.96 bits per heavy atom. The summed E-state index contributed by atoms with van der Waals surface area (Å²) in [5, 5.41) is 0. The lowest BCUT2D eigenvalue weighted by Gasteiger charge is -2.17. The highest BCUT2D eigenvalue weighted by atomic mass is 79.9. The fourth-order valence-electron chi connectivity index (χ4n) is 2.04. The van der Waals surface area contributed by atoms with Crippen molar-refractivity contribution < 1.29 is 18.3 Å². The molecule has 0 spiro atoms.